The Kier molecular flexibility index (Phi) is 3.53. The number of esters is 1. The summed E-state index contributed by atoms with van der Waals surface area (Å²) in [6.07, 6.45) is 1.50. The molecule has 3 aromatic rings. The average molecular weight is 310 g/mol. The van der Waals surface area contributed by atoms with E-state index in [1.165, 1.54) is 23.6 Å². The highest BCUT2D eigenvalue weighted by atomic mass is 35.5. The summed E-state index contributed by atoms with van der Waals surface area (Å²) >= 11 is 7.24. The van der Waals surface area contributed by atoms with Gasteiger partial charge in [-0.05, 0) is 17.5 Å². The first-order valence-electron chi connectivity index (χ1n) is 5.58. The monoisotopic (exact) mass is 309 g/mol. The molecule has 1 N–H and O–H groups in total. The van der Waals surface area contributed by atoms with Gasteiger partial charge < -0.3 is 14.2 Å². The molecule has 3 aromatic heterocycles. The van der Waals surface area contributed by atoms with Crippen molar-refractivity contribution in [1.29, 1.82) is 0 Å². The number of hydrogen-bond acceptors (Lipinski definition) is 6. The van der Waals surface area contributed by atoms with Crippen LogP contribution in [0.1, 0.15) is 16.4 Å². The second-order valence-corrected chi connectivity index (χ2v) is 5.05. The highest BCUT2D eigenvalue weighted by molar-refractivity contribution is 7.08. The number of ether oxygens (including phenoxy) is 1. The quantitative estimate of drug-likeness (QED) is 0.749. The van der Waals surface area contributed by atoms with Gasteiger partial charge in [-0.25, -0.2) is 4.79 Å². The van der Waals surface area contributed by atoms with Gasteiger partial charge in [-0.3, -0.25) is 0 Å². The van der Waals surface area contributed by atoms with Gasteiger partial charge in [0.25, 0.3) is 5.89 Å². The summed E-state index contributed by atoms with van der Waals surface area (Å²) < 4.78 is 10.0. The van der Waals surface area contributed by atoms with Crippen LogP contribution in [0.25, 0.3) is 11.4 Å². The van der Waals surface area contributed by atoms with Crippen molar-refractivity contribution in [2.24, 2.45) is 0 Å². The number of nitrogens with zero attached hydrogens (tertiary/aromatic N) is 2. The van der Waals surface area contributed by atoms with Crippen LogP contribution in [0.5, 0.6) is 0 Å². The van der Waals surface area contributed by atoms with Crippen LogP contribution >= 0.6 is 22.9 Å². The first-order valence-corrected chi connectivity index (χ1v) is 6.90. The number of rotatable bonds is 4. The SMILES string of the molecule is O=C(OCc1nc(-c2ccsc2)no1)c1cc(Cl)c[nH]1. The summed E-state index contributed by atoms with van der Waals surface area (Å²) in [7, 11) is 0. The minimum absolute atomic E-state index is 0.0907. The molecule has 0 atom stereocenters. The summed E-state index contributed by atoms with van der Waals surface area (Å²) in [6.45, 7) is -0.0907. The van der Waals surface area contributed by atoms with E-state index in [1.54, 1.807) is 0 Å². The highest BCUT2D eigenvalue weighted by Gasteiger charge is 2.13. The Labute approximate surface area is 122 Å². The molecule has 0 fully saturated rings. The molecule has 0 radical (unpaired) electrons. The third kappa shape index (κ3) is 2.73. The minimum atomic E-state index is -0.535. The lowest BCUT2D eigenvalue weighted by Crippen LogP contribution is -2.05. The van der Waals surface area contributed by atoms with Gasteiger partial charge in [-0.2, -0.15) is 16.3 Å². The molecular weight excluding hydrogens is 302 g/mol. The summed E-state index contributed by atoms with van der Waals surface area (Å²) in [6, 6.07) is 3.36. The highest BCUT2D eigenvalue weighted by Crippen LogP contribution is 2.19. The van der Waals surface area contributed by atoms with Gasteiger partial charge in [0, 0.05) is 17.1 Å². The van der Waals surface area contributed by atoms with Crippen molar-refractivity contribution in [3.63, 3.8) is 0 Å². The van der Waals surface area contributed by atoms with E-state index >= 15 is 0 Å². The zero-order chi connectivity index (χ0) is 13.9. The van der Waals surface area contributed by atoms with Crippen LogP contribution in [0, 0.1) is 0 Å². The molecule has 3 heterocycles. The number of carbonyl (C=O) groups excluding carboxylic acids is 1. The maximum Gasteiger partial charge on any atom is 0.355 e. The third-order valence-electron chi connectivity index (χ3n) is 2.44. The number of aromatic nitrogens is 3. The molecule has 0 aliphatic rings. The van der Waals surface area contributed by atoms with Crippen LogP contribution in [0.15, 0.2) is 33.6 Å². The molecule has 0 aromatic carbocycles. The standard InChI is InChI=1S/C12H8ClN3O3S/c13-8-3-9(14-4-8)12(17)18-5-10-15-11(16-19-10)7-1-2-20-6-7/h1-4,6,14H,5H2. The van der Waals surface area contributed by atoms with Gasteiger partial charge in [0.2, 0.25) is 5.82 Å². The Hall–Kier alpha value is -2.12. The molecule has 102 valence electrons. The fourth-order valence-electron chi connectivity index (χ4n) is 1.51. The normalized spacial score (nSPS) is 10.7. The molecule has 3 rings (SSSR count). The Morgan fingerprint density at radius 3 is 3.15 bits per heavy atom. The smallest absolute Gasteiger partial charge is 0.355 e. The van der Waals surface area contributed by atoms with Gasteiger partial charge >= 0.3 is 5.97 Å². The summed E-state index contributed by atoms with van der Waals surface area (Å²) in [5.74, 6) is 0.171. The van der Waals surface area contributed by atoms with Crippen molar-refractivity contribution >= 4 is 28.9 Å². The van der Waals surface area contributed by atoms with Crippen LogP contribution in [-0.4, -0.2) is 21.1 Å². The van der Waals surface area contributed by atoms with Crippen LogP contribution < -0.4 is 0 Å². The molecule has 0 amide bonds. The molecule has 20 heavy (non-hydrogen) atoms. The van der Waals surface area contributed by atoms with Crippen LogP contribution in [0.4, 0.5) is 0 Å². The molecule has 6 nitrogen and oxygen atoms in total. The number of thiophene rings is 1. The summed E-state index contributed by atoms with van der Waals surface area (Å²) in [5.41, 5.74) is 1.14. The summed E-state index contributed by atoms with van der Waals surface area (Å²) in [5, 5.41) is 8.07. The van der Waals surface area contributed by atoms with E-state index in [-0.39, 0.29) is 18.2 Å². The Bertz CT molecular complexity index is 720. The first-order chi connectivity index (χ1) is 9.72. The van der Waals surface area contributed by atoms with Gasteiger partial charge in [0.15, 0.2) is 6.61 Å². The Morgan fingerprint density at radius 2 is 2.45 bits per heavy atom. The molecule has 0 saturated heterocycles. The topological polar surface area (TPSA) is 81.0 Å². The third-order valence-corrected chi connectivity index (χ3v) is 3.34. The van der Waals surface area contributed by atoms with Gasteiger partial charge in [0.05, 0.1) is 5.02 Å². The molecule has 0 unspecified atom stereocenters. The molecule has 0 saturated carbocycles. The summed E-state index contributed by atoms with van der Waals surface area (Å²) in [4.78, 5) is 18.5. The van der Waals surface area contributed by atoms with Gasteiger partial charge in [0.1, 0.15) is 5.69 Å². The van der Waals surface area contributed by atoms with Crippen molar-refractivity contribution in [2.75, 3.05) is 0 Å². The number of hydrogen-bond donors (Lipinski definition) is 1. The fraction of sp³-hybridized carbons (Fsp3) is 0.0833. The number of H-pyrrole nitrogens is 1. The van der Waals surface area contributed by atoms with E-state index in [9.17, 15) is 4.79 Å². The van der Waals surface area contributed by atoms with E-state index in [4.69, 9.17) is 20.9 Å². The lowest BCUT2D eigenvalue weighted by molar-refractivity contribution is 0.0423. The second-order valence-electron chi connectivity index (χ2n) is 3.83. The van der Waals surface area contributed by atoms with Gasteiger partial charge in [-0.1, -0.05) is 16.8 Å². The number of halogens is 1. The van der Waals surface area contributed by atoms with E-state index in [1.807, 2.05) is 16.8 Å². The van der Waals surface area contributed by atoms with Crippen molar-refractivity contribution in [3.05, 3.63) is 45.7 Å². The van der Waals surface area contributed by atoms with Crippen LogP contribution in [0.2, 0.25) is 5.02 Å². The minimum Gasteiger partial charge on any atom is -0.451 e. The number of nitrogens with one attached hydrogen (secondary N) is 1. The van der Waals surface area contributed by atoms with E-state index in [2.05, 4.69) is 15.1 Å². The molecular formula is C12H8ClN3O3S. The number of aromatic amines is 1. The fourth-order valence-corrected chi connectivity index (χ4v) is 2.31. The lowest BCUT2D eigenvalue weighted by atomic mass is 10.3. The molecule has 0 spiro atoms. The predicted octanol–water partition coefficient (Wildman–Crippen LogP) is 3.14. The second kappa shape index (κ2) is 5.48. The number of carbonyl (C=O) groups is 1. The lowest BCUT2D eigenvalue weighted by Gasteiger charge is -1.98. The van der Waals surface area contributed by atoms with Crippen molar-refractivity contribution < 1.29 is 14.1 Å². The van der Waals surface area contributed by atoms with E-state index < -0.39 is 5.97 Å². The van der Waals surface area contributed by atoms with E-state index in [0.717, 1.165) is 5.56 Å². The first kappa shape index (κ1) is 12.9. The predicted molar refractivity (Wildman–Crippen MR) is 72.5 cm³/mol. The van der Waals surface area contributed by atoms with Crippen molar-refractivity contribution in [2.45, 2.75) is 6.61 Å². The Morgan fingerprint density at radius 1 is 1.55 bits per heavy atom. The largest absolute Gasteiger partial charge is 0.451 e. The molecule has 0 aliphatic carbocycles. The van der Waals surface area contributed by atoms with E-state index in [0.29, 0.717) is 10.8 Å². The van der Waals surface area contributed by atoms with Gasteiger partial charge in [-0.15, -0.1) is 0 Å². The molecule has 0 aliphatic heterocycles. The van der Waals surface area contributed by atoms with Crippen molar-refractivity contribution in [3.8, 4) is 11.4 Å². The van der Waals surface area contributed by atoms with Crippen LogP contribution in [0.3, 0.4) is 0 Å². The Balaban J connectivity index is 1.63. The van der Waals surface area contributed by atoms with Crippen molar-refractivity contribution in [1.82, 2.24) is 15.1 Å². The molecule has 8 heteroatoms. The maximum atomic E-state index is 11.7. The average Bonchev–Trinajstić information content (AvgIpc) is 3.16. The molecule has 0 bridgehead atoms. The maximum absolute atomic E-state index is 11.7. The zero-order valence-corrected chi connectivity index (χ0v) is 11.6. The van der Waals surface area contributed by atoms with Crippen LogP contribution in [-0.2, 0) is 11.3 Å². The zero-order valence-electron chi connectivity index (χ0n) is 10.00.